The highest BCUT2D eigenvalue weighted by Crippen LogP contribution is 2.35. The number of carbonyl (C=O) groups is 2. The Morgan fingerprint density at radius 2 is 2.09 bits per heavy atom. The molecule has 1 saturated heterocycles. The number of thiophene rings is 1. The van der Waals surface area contributed by atoms with Gasteiger partial charge >= 0.3 is 6.09 Å². The number of carbonyl (C=O) groups excluding carboxylic acids is 2. The van der Waals surface area contributed by atoms with Crippen LogP contribution in [-0.4, -0.2) is 44.8 Å². The second-order valence-corrected chi connectivity index (χ2v) is 10.4. The number of nitrogens with one attached hydrogen (secondary N) is 1. The molecule has 1 unspecified atom stereocenters. The number of fused-ring (bicyclic) bond motifs is 1. The number of benzene rings is 1. The minimum Gasteiger partial charge on any atom is -0.497 e. The van der Waals surface area contributed by atoms with Crippen molar-refractivity contribution >= 4 is 23.2 Å². The van der Waals surface area contributed by atoms with Crippen molar-refractivity contribution in [1.29, 1.82) is 5.26 Å². The second-order valence-electron chi connectivity index (χ2n) is 9.19. The molecule has 1 amide bonds. The fraction of sp³-hybridized carbons (Fsp3) is 0.519. The van der Waals surface area contributed by atoms with Crippen LogP contribution in [0.4, 0.5) is 4.79 Å². The van der Waals surface area contributed by atoms with Crippen molar-refractivity contribution in [3.8, 4) is 11.8 Å². The molecule has 0 bridgehead atoms. The van der Waals surface area contributed by atoms with Crippen LogP contribution in [0.1, 0.15) is 52.1 Å². The van der Waals surface area contributed by atoms with Gasteiger partial charge in [0, 0.05) is 48.8 Å². The van der Waals surface area contributed by atoms with E-state index in [4.69, 9.17) is 14.2 Å². The number of hydrogen-bond donors (Lipinski definition) is 1. The number of rotatable bonds is 9. The van der Waals surface area contributed by atoms with Crippen molar-refractivity contribution in [1.82, 2.24) is 5.32 Å². The lowest BCUT2D eigenvalue weighted by Gasteiger charge is -2.25. The Balaban J connectivity index is 1.30. The van der Waals surface area contributed by atoms with Gasteiger partial charge in [-0.2, -0.15) is 5.26 Å². The average molecular weight is 497 g/mol. The molecule has 1 fully saturated rings. The first kappa shape index (κ1) is 25.2. The topological polar surface area (TPSA) is 97.7 Å². The standard InChI is InChI=1S/C27H32N2O5S/c1-32-21-4-2-3-18(13-21)5-6-20(30)14-25-24(16-28)23-8-7-22(15-26(23)35-25)34-27(31)29-17-19-9-11-33-12-10-19/h2-4,13,19,22H,5-12,14-15,17H2,1H3,(H,29,31). The zero-order valence-corrected chi connectivity index (χ0v) is 21.0. The number of nitrogens with zero attached hydrogens (tertiary/aromatic N) is 1. The van der Waals surface area contributed by atoms with Crippen molar-refractivity contribution in [2.24, 2.45) is 5.92 Å². The lowest BCUT2D eigenvalue weighted by atomic mass is 9.92. The maximum atomic E-state index is 12.7. The summed E-state index contributed by atoms with van der Waals surface area (Å²) < 4.78 is 16.3. The molecule has 1 aromatic carbocycles. The number of alkyl carbamates (subject to hydrolysis) is 1. The molecule has 35 heavy (non-hydrogen) atoms. The quantitative estimate of drug-likeness (QED) is 0.553. The lowest BCUT2D eigenvalue weighted by molar-refractivity contribution is -0.118. The zero-order chi connectivity index (χ0) is 24.6. The van der Waals surface area contributed by atoms with Gasteiger partial charge in [-0.3, -0.25) is 4.79 Å². The summed E-state index contributed by atoms with van der Waals surface area (Å²) in [6.45, 7) is 2.11. The number of methoxy groups -OCH3 is 1. The van der Waals surface area contributed by atoms with E-state index >= 15 is 0 Å². The van der Waals surface area contributed by atoms with Gasteiger partial charge in [0.15, 0.2) is 0 Å². The van der Waals surface area contributed by atoms with E-state index in [9.17, 15) is 14.9 Å². The molecular weight excluding hydrogens is 464 g/mol. The van der Waals surface area contributed by atoms with Crippen LogP contribution in [0.25, 0.3) is 0 Å². The third-order valence-corrected chi connectivity index (χ3v) is 7.99. The molecule has 0 saturated carbocycles. The summed E-state index contributed by atoms with van der Waals surface area (Å²) in [6.07, 6.45) is 4.62. The van der Waals surface area contributed by atoms with Gasteiger partial charge in [0.1, 0.15) is 23.7 Å². The Bertz CT molecular complexity index is 1080. The van der Waals surface area contributed by atoms with Gasteiger partial charge in [-0.15, -0.1) is 11.3 Å². The lowest BCUT2D eigenvalue weighted by Crippen LogP contribution is -2.36. The van der Waals surface area contributed by atoms with Crippen LogP contribution in [0.15, 0.2) is 24.3 Å². The molecule has 1 atom stereocenters. The maximum absolute atomic E-state index is 12.7. The van der Waals surface area contributed by atoms with E-state index in [1.54, 1.807) is 7.11 Å². The minimum absolute atomic E-state index is 0.114. The summed E-state index contributed by atoms with van der Waals surface area (Å²) in [4.78, 5) is 26.9. The zero-order valence-electron chi connectivity index (χ0n) is 20.1. The molecule has 1 N–H and O–H groups in total. The molecule has 8 heteroatoms. The Hall–Kier alpha value is -2.89. The summed E-state index contributed by atoms with van der Waals surface area (Å²) in [6, 6.07) is 10.1. The predicted octanol–water partition coefficient (Wildman–Crippen LogP) is 4.38. The summed E-state index contributed by atoms with van der Waals surface area (Å²) in [5.41, 5.74) is 2.72. The largest absolute Gasteiger partial charge is 0.497 e. The van der Waals surface area contributed by atoms with Crippen LogP contribution in [-0.2, 0) is 40.0 Å². The highest BCUT2D eigenvalue weighted by atomic mass is 32.1. The summed E-state index contributed by atoms with van der Waals surface area (Å²) in [5, 5.41) is 12.7. The second kappa shape index (κ2) is 12.2. The van der Waals surface area contributed by atoms with E-state index in [2.05, 4.69) is 11.4 Å². The normalized spacial score (nSPS) is 17.8. The Kier molecular flexibility index (Phi) is 8.78. The Morgan fingerprint density at radius 1 is 1.26 bits per heavy atom. The van der Waals surface area contributed by atoms with E-state index in [1.165, 1.54) is 11.3 Å². The van der Waals surface area contributed by atoms with E-state index in [1.807, 2.05) is 24.3 Å². The molecule has 4 rings (SSSR count). The highest BCUT2D eigenvalue weighted by molar-refractivity contribution is 7.12. The van der Waals surface area contributed by atoms with Gasteiger partial charge in [-0.1, -0.05) is 12.1 Å². The molecule has 186 valence electrons. The van der Waals surface area contributed by atoms with E-state index < -0.39 is 0 Å². The van der Waals surface area contributed by atoms with Crippen molar-refractivity contribution < 1.29 is 23.8 Å². The van der Waals surface area contributed by atoms with Crippen molar-refractivity contribution in [3.05, 3.63) is 50.7 Å². The third kappa shape index (κ3) is 6.83. The molecule has 1 aromatic heterocycles. The number of amides is 1. The van der Waals surface area contributed by atoms with Crippen LogP contribution in [0.5, 0.6) is 5.75 Å². The summed E-state index contributed by atoms with van der Waals surface area (Å²) >= 11 is 1.52. The van der Waals surface area contributed by atoms with Crippen LogP contribution >= 0.6 is 11.3 Å². The van der Waals surface area contributed by atoms with Crippen LogP contribution in [0.2, 0.25) is 0 Å². The van der Waals surface area contributed by atoms with Gasteiger partial charge in [-0.25, -0.2) is 4.79 Å². The molecule has 7 nitrogen and oxygen atoms in total. The fourth-order valence-corrected chi connectivity index (χ4v) is 6.12. The number of Topliss-reactive ketones (excluding diaryl/α,β-unsaturated/α-hetero) is 1. The van der Waals surface area contributed by atoms with E-state index in [0.29, 0.717) is 50.1 Å². The first-order chi connectivity index (χ1) is 17.1. The SMILES string of the molecule is COc1cccc(CCC(=O)Cc2sc3c(c2C#N)CCC(OC(=O)NCC2CCOCC2)C3)c1. The number of ketones is 1. The van der Waals surface area contributed by atoms with Gasteiger partial charge in [0.05, 0.1) is 12.7 Å². The monoisotopic (exact) mass is 496 g/mol. The highest BCUT2D eigenvalue weighted by Gasteiger charge is 2.28. The number of hydrogen-bond acceptors (Lipinski definition) is 7. The molecule has 1 aliphatic carbocycles. The van der Waals surface area contributed by atoms with Gasteiger partial charge in [0.25, 0.3) is 0 Å². The average Bonchev–Trinajstić information content (AvgIpc) is 3.23. The van der Waals surface area contributed by atoms with E-state index in [0.717, 1.165) is 52.7 Å². The number of nitriles is 1. The number of aryl methyl sites for hydroxylation is 1. The molecular formula is C27H32N2O5S. The van der Waals surface area contributed by atoms with Crippen molar-refractivity contribution in [2.45, 2.75) is 57.5 Å². The minimum atomic E-state index is -0.380. The first-order valence-electron chi connectivity index (χ1n) is 12.3. The summed E-state index contributed by atoms with van der Waals surface area (Å²) in [7, 11) is 1.63. The maximum Gasteiger partial charge on any atom is 0.407 e. The Labute approximate surface area is 210 Å². The summed E-state index contributed by atoms with van der Waals surface area (Å²) in [5.74, 6) is 1.33. The fourth-order valence-electron chi connectivity index (χ4n) is 4.72. The molecule has 2 heterocycles. The molecule has 1 aliphatic heterocycles. The predicted molar refractivity (Wildman–Crippen MR) is 133 cm³/mol. The molecule has 2 aliphatic rings. The number of ether oxygens (including phenoxy) is 3. The molecule has 2 aromatic rings. The van der Waals surface area contributed by atoms with E-state index in [-0.39, 0.29) is 24.4 Å². The van der Waals surface area contributed by atoms with Crippen molar-refractivity contribution in [2.75, 3.05) is 26.9 Å². The van der Waals surface area contributed by atoms with Gasteiger partial charge in [0.2, 0.25) is 0 Å². The van der Waals surface area contributed by atoms with Crippen molar-refractivity contribution in [3.63, 3.8) is 0 Å². The molecule has 0 spiro atoms. The first-order valence-corrected chi connectivity index (χ1v) is 13.1. The van der Waals surface area contributed by atoms with Gasteiger partial charge in [-0.05, 0) is 61.3 Å². The van der Waals surface area contributed by atoms with Crippen LogP contribution < -0.4 is 10.1 Å². The Morgan fingerprint density at radius 3 is 2.86 bits per heavy atom. The smallest absolute Gasteiger partial charge is 0.407 e. The van der Waals surface area contributed by atoms with Gasteiger partial charge < -0.3 is 19.5 Å². The third-order valence-electron chi connectivity index (χ3n) is 6.74. The van der Waals surface area contributed by atoms with Crippen LogP contribution in [0, 0.1) is 17.2 Å². The van der Waals surface area contributed by atoms with Crippen LogP contribution in [0.3, 0.4) is 0 Å². The molecule has 0 radical (unpaired) electrons.